The smallest absolute Gasteiger partial charge is 0.346 e. The third-order valence-electron chi connectivity index (χ3n) is 1.24. The maximum absolute atomic E-state index is 10.5. The summed E-state index contributed by atoms with van der Waals surface area (Å²) in [7, 11) is 2.55. The van der Waals surface area contributed by atoms with E-state index in [2.05, 4.69) is 20.8 Å². The first-order valence-electron chi connectivity index (χ1n) is 5.27. The van der Waals surface area contributed by atoms with Crippen LogP contribution in [0, 0.1) is 0 Å². The van der Waals surface area contributed by atoms with Gasteiger partial charge in [-0.1, -0.05) is 6.58 Å². The molecule has 0 amide bonds. The van der Waals surface area contributed by atoms with E-state index in [-0.39, 0.29) is 0 Å². The Balaban J connectivity index is -0.000000246. The van der Waals surface area contributed by atoms with Crippen LogP contribution in [-0.4, -0.2) is 49.3 Å². The van der Waals surface area contributed by atoms with Crippen LogP contribution >= 0.6 is 0 Å². The van der Waals surface area contributed by atoms with Crippen molar-refractivity contribution in [1.29, 1.82) is 0 Å². The van der Waals surface area contributed by atoms with Crippen molar-refractivity contribution >= 4 is 23.9 Å². The lowest BCUT2D eigenvalue weighted by atomic mass is 10.4. The van der Waals surface area contributed by atoms with E-state index >= 15 is 0 Å². The minimum atomic E-state index is -0.833. The van der Waals surface area contributed by atoms with Gasteiger partial charge in [0.15, 0.2) is 6.10 Å². The van der Waals surface area contributed by atoms with Crippen molar-refractivity contribution in [2.24, 2.45) is 0 Å². The summed E-state index contributed by atoms with van der Waals surface area (Å²) in [5, 5.41) is 7.42. The number of aliphatic carboxylic acids is 1. The first-order chi connectivity index (χ1) is 9.11. The molecule has 8 heteroatoms. The third kappa shape index (κ3) is 24.7. The van der Waals surface area contributed by atoms with Crippen LogP contribution in [0.25, 0.3) is 0 Å². The van der Waals surface area contributed by atoms with Gasteiger partial charge < -0.3 is 19.3 Å². The normalized spacial score (nSPS) is 9.25. The van der Waals surface area contributed by atoms with E-state index in [9.17, 15) is 14.4 Å². The van der Waals surface area contributed by atoms with Crippen LogP contribution in [0.5, 0.6) is 0 Å². The van der Waals surface area contributed by atoms with E-state index in [1.165, 1.54) is 28.1 Å². The molecule has 0 bridgehead atoms. The number of rotatable bonds is 3. The molecule has 1 atom stereocenters. The summed E-state index contributed by atoms with van der Waals surface area (Å²) in [6.45, 7) is 6.93. The number of ether oxygens (including phenoxy) is 3. The predicted octanol–water partition coefficient (Wildman–Crippen LogP) is 0.547. The van der Waals surface area contributed by atoms with E-state index in [1.54, 1.807) is 0 Å². The molecule has 0 aliphatic carbocycles. The lowest BCUT2D eigenvalue weighted by Gasteiger charge is -2.07. The van der Waals surface area contributed by atoms with Gasteiger partial charge in [-0.05, 0) is 6.92 Å². The average molecular weight is 292 g/mol. The standard InChI is InChI=1S/C6H10O4.C4H6O2.C2H4O2/c1-4(6(8)9-3)10-5(2)7;1-3-4(5)6-2;1-2(3)4/h4H,1-3H3;3H,1H2,2H3;1H3,(H,3,4). The van der Waals surface area contributed by atoms with Crippen LogP contribution in [-0.2, 0) is 33.4 Å². The molecule has 0 saturated carbocycles. The second kappa shape index (κ2) is 14.7. The molecule has 0 aromatic heterocycles. The fraction of sp³-hybridized carbons (Fsp3) is 0.500. The maximum Gasteiger partial charge on any atom is 0.346 e. The largest absolute Gasteiger partial charge is 0.481 e. The van der Waals surface area contributed by atoms with E-state index in [4.69, 9.17) is 9.90 Å². The molecule has 20 heavy (non-hydrogen) atoms. The molecule has 0 spiro atoms. The SMILES string of the molecule is C=CC(=O)OC.CC(=O)O.COC(=O)C(C)OC(C)=O. The van der Waals surface area contributed by atoms with Crippen molar-refractivity contribution < 1.29 is 38.5 Å². The van der Waals surface area contributed by atoms with E-state index in [0.717, 1.165) is 13.0 Å². The number of carboxylic acids is 1. The van der Waals surface area contributed by atoms with Gasteiger partial charge in [-0.25, -0.2) is 9.59 Å². The second-order valence-corrected chi connectivity index (χ2v) is 3.02. The van der Waals surface area contributed by atoms with Gasteiger partial charge in [-0.2, -0.15) is 0 Å². The summed E-state index contributed by atoms with van der Waals surface area (Å²) in [5.74, 6) is -2.26. The van der Waals surface area contributed by atoms with Gasteiger partial charge in [0.05, 0.1) is 14.2 Å². The van der Waals surface area contributed by atoms with Gasteiger partial charge in [0.2, 0.25) is 0 Å². The van der Waals surface area contributed by atoms with Crippen LogP contribution in [0.2, 0.25) is 0 Å². The predicted molar refractivity (Wildman–Crippen MR) is 68.8 cm³/mol. The number of esters is 3. The fourth-order valence-electron chi connectivity index (χ4n) is 0.546. The highest BCUT2D eigenvalue weighted by molar-refractivity contribution is 5.80. The van der Waals surface area contributed by atoms with Crippen molar-refractivity contribution in [3.05, 3.63) is 12.7 Å². The number of hydrogen-bond donors (Lipinski definition) is 1. The van der Waals surface area contributed by atoms with Crippen LogP contribution in [0.15, 0.2) is 12.7 Å². The Kier molecular flexibility index (Phi) is 16.7. The second-order valence-electron chi connectivity index (χ2n) is 3.02. The quantitative estimate of drug-likeness (QED) is 0.455. The minimum absolute atomic E-state index is 0.394. The van der Waals surface area contributed by atoms with Crippen molar-refractivity contribution in [3.63, 3.8) is 0 Å². The highest BCUT2D eigenvalue weighted by Gasteiger charge is 2.14. The molecule has 0 saturated heterocycles. The first-order valence-corrected chi connectivity index (χ1v) is 5.27. The average Bonchev–Trinajstić information content (AvgIpc) is 2.35. The Hall–Kier alpha value is -2.38. The Labute approximate surface area is 117 Å². The maximum atomic E-state index is 10.5. The molecule has 0 heterocycles. The molecule has 1 unspecified atom stereocenters. The van der Waals surface area contributed by atoms with Gasteiger partial charge in [-0.3, -0.25) is 9.59 Å². The van der Waals surface area contributed by atoms with Crippen molar-refractivity contribution in [2.75, 3.05) is 14.2 Å². The summed E-state index contributed by atoms with van der Waals surface area (Å²) in [4.78, 5) is 39.6. The van der Waals surface area contributed by atoms with E-state index in [1.807, 2.05) is 0 Å². The monoisotopic (exact) mass is 292 g/mol. The topological polar surface area (TPSA) is 116 Å². The lowest BCUT2D eigenvalue weighted by Crippen LogP contribution is -2.23. The molecule has 0 aromatic carbocycles. The van der Waals surface area contributed by atoms with E-state index in [0.29, 0.717) is 0 Å². The molecular weight excluding hydrogens is 272 g/mol. The summed E-state index contributed by atoms with van der Waals surface area (Å²) in [6.07, 6.45) is 0.308. The molecule has 116 valence electrons. The molecule has 0 rings (SSSR count). The van der Waals surface area contributed by atoms with Gasteiger partial charge in [0.25, 0.3) is 5.97 Å². The highest BCUT2D eigenvalue weighted by Crippen LogP contribution is 1.92. The van der Waals surface area contributed by atoms with Crippen LogP contribution < -0.4 is 0 Å². The Morgan fingerprint density at radius 2 is 1.50 bits per heavy atom. The van der Waals surface area contributed by atoms with Crippen molar-refractivity contribution in [2.45, 2.75) is 26.9 Å². The molecule has 0 aliphatic rings. The molecule has 0 aliphatic heterocycles. The zero-order valence-corrected chi connectivity index (χ0v) is 12.2. The molecule has 0 radical (unpaired) electrons. The Morgan fingerprint density at radius 1 is 1.10 bits per heavy atom. The summed E-state index contributed by atoms with van der Waals surface area (Å²) in [5.41, 5.74) is 0. The van der Waals surface area contributed by atoms with Crippen LogP contribution in [0.1, 0.15) is 20.8 Å². The molecule has 0 fully saturated rings. The van der Waals surface area contributed by atoms with Gasteiger partial charge >= 0.3 is 17.9 Å². The van der Waals surface area contributed by atoms with Crippen LogP contribution in [0.3, 0.4) is 0 Å². The fourth-order valence-corrected chi connectivity index (χ4v) is 0.546. The van der Waals surface area contributed by atoms with Crippen LogP contribution in [0.4, 0.5) is 0 Å². The molecular formula is C12H20O8. The molecule has 0 aromatic rings. The number of carbonyl (C=O) groups excluding carboxylic acids is 3. The first kappa shape index (κ1) is 22.8. The number of hydrogen-bond acceptors (Lipinski definition) is 7. The minimum Gasteiger partial charge on any atom is -0.481 e. The zero-order chi connectivity index (χ0) is 16.7. The third-order valence-corrected chi connectivity index (χ3v) is 1.24. The van der Waals surface area contributed by atoms with Crippen molar-refractivity contribution in [3.8, 4) is 0 Å². The number of methoxy groups -OCH3 is 2. The number of carboxylic acid groups (broad SMARTS) is 1. The zero-order valence-electron chi connectivity index (χ0n) is 12.2. The van der Waals surface area contributed by atoms with Gasteiger partial charge in [0.1, 0.15) is 0 Å². The van der Waals surface area contributed by atoms with Crippen molar-refractivity contribution in [1.82, 2.24) is 0 Å². The summed E-state index contributed by atoms with van der Waals surface area (Å²) < 4.78 is 12.9. The molecule has 8 nitrogen and oxygen atoms in total. The summed E-state index contributed by atoms with van der Waals surface area (Å²) in [6, 6.07) is 0. The van der Waals surface area contributed by atoms with E-state index < -0.39 is 30.0 Å². The Bertz CT molecular complexity index is 330. The van der Waals surface area contributed by atoms with Gasteiger partial charge in [-0.15, -0.1) is 0 Å². The summed E-state index contributed by atoms with van der Waals surface area (Å²) >= 11 is 0. The van der Waals surface area contributed by atoms with Gasteiger partial charge in [0, 0.05) is 19.9 Å². The highest BCUT2D eigenvalue weighted by atomic mass is 16.6. The molecule has 1 N–H and O–H groups in total. The Morgan fingerprint density at radius 3 is 1.65 bits per heavy atom. The lowest BCUT2D eigenvalue weighted by molar-refractivity contribution is -0.163. The number of carbonyl (C=O) groups is 4.